The first-order chi connectivity index (χ1) is 21.9. The lowest BCUT2D eigenvalue weighted by Gasteiger charge is -2.26. The third-order valence-electron chi connectivity index (χ3n) is 8.75. The van der Waals surface area contributed by atoms with Crippen LogP contribution in [-0.4, -0.2) is 78.4 Å². The van der Waals surface area contributed by atoms with Gasteiger partial charge in [-0.3, -0.25) is 14.6 Å². The number of benzene rings is 1. The first-order valence-electron chi connectivity index (χ1n) is 16.4. The quantitative estimate of drug-likeness (QED) is 0.336. The monoisotopic (exact) mass is 647 g/mol. The van der Waals surface area contributed by atoms with E-state index in [1.54, 1.807) is 32.9 Å². The van der Waals surface area contributed by atoms with Crippen LogP contribution in [0.1, 0.15) is 96.1 Å². The molecule has 0 aliphatic carbocycles. The Labute approximate surface area is 269 Å². The van der Waals surface area contributed by atoms with Crippen molar-refractivity contribution in [2.45, 2.75) is 128 Å². The number of hydrogen-bond donors (Lipinski definition) is 3. The van der Waals surface area contributed by atoms with Crippen molar-refractivity contribution in [1.82, 2.24) is 15.5 Å². The van der Waals surface area contributed by atoms with Gasteiger partial charge in [-0.05, 0) is 45.2 Å². The van der Waals surface area contributed by atoms with Gasteiger partial charge in [0.25, 0.3) is 5.91 Å². The van der Waals surface area contributed by atoms with Gasteiger partial charge in [0, 0.05) is 12.1 Å². The van der Waals surface area contributed by atoms with Gasteiger partial charge in [0.1, 0.15) is 30.0 Å². The number of methoxy groups -OCH3 is 1. The molecule has 3 N–H and O–H groups in total. The number of carbonyl (C=O) groups is 5. The second kappa shape index (κ2) is 15.7. The Hall–Kier alpha value is -3.74. The van der Waals surface area contributed by atoms with E-state index in [2.05, 4.69) is 10.6 Å². The molecule has 2 saturated heterocycles. The van der Waals surface area contributed by atoms with Crippen LogP contribution >= 0.6 is 0 Å². The highest BCUT2D eigenvalue weighted by Crippen LogP contribution is 2.26. The summed E-state index contributed by atoms with van der Waals surface area (Å²) in [5, 5.41) is 5.50. The van der Waals surface area contributed by atoms with Gasteiger partial charge in [-0.25, -0.2) is 23.6 Å². The van der Waals surface area contributed by atoms with Crippen molar-refractivity contribution in [3.63, 3.8) is 0 Å². The molecule has 4 amide bonds. The number of quaternary nitrogens is 1. The van der Waals surface area contributed by atoms with Gasteiger partial charge in [0.2, 0.25) is 0 Å². The summed E-state index contributed by atoms with van der Waals surface area (Å²) in [6.07, 6.45) is 4.62. The zero-order valence-corrected chi connectivity index (χ0v) is 27.3. The molecule has 254 valence electrons. The topological polar surface area (TPSA) is 145 Å². The Morgan fingerprint density at radius 1 is 1.00 bits per heavy atom. The third-order valence-corrected chi connectivity index (χ3v) is 8.75. The van der Waals surface area contributed by atoms with Crippen LogP contribution in [0.25, 0.3) is 0 Å². The van der Waals surface area contributed by atoms with Crippen molar-refractivity contribution in [3.8, 4) is 0 Å². The minimum absolute atomic E-state index is 0.0147. The van der Waals surface area contributed by atoms with Crippen LogP contribution in [0.3, 0.4) is 0 Å². The lowest BCUT2D eigenvalue weighted by atomic mass is 10.0. The zero-order valence-electron chi connectivity index (χ0n) is 27.3. The highest BCUT2D eigenvalue weighted by molar-refractivity contribution is 5.89. The van der Waals surface area contributed by atoms with E-state index < -0.39 is 65.6 Å². The average Bonchev–Trinajstić information content (AvgIpc) is 3.62. The molecule has 5 atom stereocenters. The van der Waals surface area contributed by atoms with Crippen LogP contribution in [0.2, 0.25) is 0 Å². The van der Waals surface area contributed by atoms with E-state index in [-0.39, 0.29) is 31.0 Å². The Bertz CT molecular complexity index is 1280. The lowest BCUT2D eigenvalue weighted by molar-refractivity contribution is -0.825. The molecule has 12 nitrogen and oxygen atoms in total. The Kier molecular flexibility index (Phi) is 12.0. The van der Waals surface area contributed by atoms with Gasteiger partial charge >= 0.3 is 24.1 Å². The number of carbonyl (C=O) groups excluding carboxylic acids is 5. The maximum atomic E-state index is 14.3. The maximum absolute atomic E-state index is 14.3. The largest absolute Gasteiger partial charge is 0.467 e. The summed E-state index contributed by atoms with van der Waals surface area (Å²) in [6, 6.07) is 1.84. The van der Waals surface area contributed by atoms with Crippen LogP contribution in [0.15, 0.2) is 18.2 Å². The highest BCUT2D eigenvalue weighted by atomic mass is 19.1. The minimum atomic E-state index is -0.999. The van der Waals surface area contributed by atoms with E-state index >= 15 is 0 Å². The molecule has 2 fully saturated rings. The molecule has 3 heterocycles. The molecule has 0 radical (unpaired) electrons. The van der Waals surface area contributed by atoms with Gasteiger partial charge in [-0.1, -0.05) is 57.1 Å². The molecule has 1 aromatic rings. The third kappa shape index (κ3) is 9.40. The molecular weight excluding hydrogens is 599 g/mol. The SMILES string of the molecule is COC(=O)C1CCCCCCCCCC(NC(=O)OC(C)(C)C)C(=O)[NH+]2CC(OC(=O)N3Cc4cccc(F)c4C3)CC2C(=O)N1. The summed E-state index contributed by atoms with van der Waals surface area (Å²) in [5.41, 5.74) is 0.339. The van der Waals surface area contributed by atoms with Crippen LogP contribution in [0, 0.1) is 5.82 Å². The summed E-state index contributed by atoms with van der Waals surface area (Å²) in [4.78, 5) is 68.1. The van der Waals surface area contributed by atoms with Gasteiger partial charge in [-0.15, -0.1) is 0 Å². The van der Waals surface area contributed by atoms with Crippen molar-refractivity contribution in [3.05, 3.63) is 35.1 Å². The number of amides is 4. The van der Waals surface area contributed by atoms with E-state index in [1.807, 2.05) is 0 Å². The Balaban J connectivity index is 1.55. The molecule has 1 aromatic carbocycles. The van der Waals surface area contributed by atoms with Crippen molar-refractivity contribution >= 4 is 30.0 Å². The van der Waals surface area contributed by atoms with E-state index in [4.69, 9.17) is 14.2 Å². The minimum Gasteiger partial charge on any atom is -0.467 e. The molecule has 5 unspecified atom stereocenters. The van der Waals surface area contributed by atoms with Crippen molar-refractivity contribution in [2.75, 3.05) is 13.7 Å². The molecule has 0 bridgehead atoms. The van der Waals surface area contributed by atoms with E-state index in [9.17, 15) is 28.4 Å². The normalized spacial score (nSPS) is 26.4. The molecule has 46 heavy (non-hydrogen) atoms. The van der Waals surface area contributed by atoms with Crippen molar-refractivity contribution in [2.24, 2.45) is 0 Å². The zero-order chi connectivity index (χ0) is 33.4. The summed E-state index contributed by atoms with van der Waals surface area (Å²) in [5.74, 6) is -1.95. The number of rotatable bonds is 3. The van der Waals surface area contributed by atoms with Crippen LogP contribution in [0.4, 0.5) is 14.0 Å². The molecule has 0 saturated carbocycles. The maximum Gasteiger partial charge on any atom is 0.410 e. The lowest BCUT2D eigenvalue weighted by Crippen LogP contribution is -3.19. The van der Waals surface area contributed by atoms with Crippen LogP contribution in [0.5, 0.6) is 0 Å². The van der Waals surface area contributed by atoms with Gasteiger partial charge < -0.3 is 24.8 Å². The average molecular weight is 648 g/mol. The fourth-order valence-electron chi connectivity index (χ4n) is 6.42. The number of ether oxygens (including phenoxy) is 3. The predicted molar refractivity (Wildman–Crippen MR) is 164 cm³/mol. The number of halogens is 1. The number of alkyl carbamates (subject to hydrolysis) is 1. The molecule has 0 spiro atoms. The van der Waals surface area contributed by atoms with Gasteiger partial charge in [-0.2, -0.15) is 0 Å². The summed E-state index contributed by atoms with van der Waals surface area (Å²) < 4.78 is 30.5. The van der Waals surface area contributed by atoms with Gasteiger partial charge in [0.15, 0.2) is 12.1 Å². The number of fused-ring (bicyclic) bond motifs is 2. The second-order valence-electron chi connectivity index (χ2n) is 13.5. The van der Waals surface area contributed by atoms with E-state index in [1.165, 1.54) is 18.1 Å². The first kappa shape index (κ1) is 35.1. The summed E-state index contributed by atoms with van der Waals surface area (Å²) in [6.45, 7) is 5.39. The molecule has 13 heteroatoms. The molecule has 3 aliphatic heterocycles. The first-order valence-corrected chi connectivity index (χ1v) is 16.4. The highest BCUT2D eigenvalue weighted by Gasteiger charge is 2.49. The van der Waals surface area contributed by atoms with E-state index in [0.29, 0.717) is 30.4 Å². The Morgan fingerprint density at radius 2 is 1.67 bits per heavy atom. The van der Waals surface area contributed by atoms with Gasteiger partial charge in [0.05, 0.1) is 20.1 Å². The van der Waals surface area contributed by atoms with Crippen molar-refractivity contribution < 1.29 is 47.5 Å². The number of esters is 1. The standard InChI is InChI=1S/C33H47FN4O8/c1-33(2,3)46-31(42)36-25-15-10-8-6-5-7-9-11-16-26(30(41)44-4)35-28(39)27-17-22(19-38(27)29(25)40)45-32(43)37-18-21-13-12-14-24(34)23(21)20-37/h12-14,22,25-27H,5-11,15-20H2,1-4H3,(H,35,39)(H,36,42)/p+1. The fraction of sp³-hybridized carbons (Fsp3) is 0.667. The van der Waals surface area contributed by atoms with E-state index in [0.717, 1.165) is 38.5 Å². The smallest absolute Gasteiger partial charge is 0.410 e. The summed E-state index contributed by atoms with van der Waals surface area (Å²) >= 11 is 0. The number of nitrogens with zero attached hydrogens (tertiary/aromatic N) is 1. The van der Waals surface area contributed by atoms with Crippen LogP contribution in [-0.2, 0) is 41.7 Å². The number of hydrogen-bond acceptors (Lipinski definition) is 8. The Morgan fingerprint density at radius 3 is 2.33 bits per heavy atom. The molecular formula is C33H48FN4O8+. The molecule has 0 aromatic heterocycles. The van der Waals surface area contributed by atoms with Crippen molar-refractivity contribution in [1.29, 1.82) is 0 Å². The second-order valence-corrected chi connectivity index (χ2v) is 13.5. The fourth-order valence-corrected chi connectivity index (χ4v) is 6.42. The number of nitrogens with one attached hydrogen (secondary N) is 3. The summed E-state index contributed by atoms with van der Waals surface area (Å²) in [7, 11) is 1.26. The molecule has 3 aliphatic rings. The van der Waals surface area contributed by atoms with Crippen LogP contribution < -0.4 is 15.5 Å². The predicted octanol–water partition coefficient (Wildman–Crippen LogP) is 2.91. The molecule has 4 rings (SSSR count).